The predicted octanol–water partition coefficient (Wildman–Crippen LogP) is 1.87. The topological polar surface area (TPSA) is 82.3 Å². The second-order valence-corrected chi connectivity index (χ2v) is 6.50. The molecule has 5 heteroatoms. The fraction of sp³-hybridized carbons (Fsp3) is 0.500. The second kappa shape index (κ2) is 9.15. The van der Waals surface area contributed by atoms with E-state index in [2.05, 4.69) is 34.2 Å². The van der Waals surface area contributed by atoms with Crippen LogP contribution in [-0.2, 0) is 0 Å². The van der Waals surface area contributed by atoms with Crippen molar-refractivity contribution in [3.8, 4) is 0 Å². The van der Waals surface area contributed by atoms with E-state index in [1.54, 1.807) is 0 Å². The van der Waals surface area contributed by atoms with Crippen molar-refractivity contribution in [1.82, 2.24) is 16.0 Å². The minimum atomic E-state index is -0.506. The maximum atomic E-state index is 10.2. The molecule has 25 heavy (non-hydrogen) atoms. The largest absolute Gasteiger partial charge is 0.391 e. The third kappa shape index (κ3) is 4.50. The molecule has 1 aliphatic rings. The molecule has 0 heterocycles. The number of hydrogen-bond acceptors (Lipinski definition) is 5. The predicted molar refractivity (Wildman–Crippen MR) is 105 cm³/mol. The standard InChI is InChI=1S/C20H32N4O/c1-22-18-8-5-12-20(23-2,24-3)17(18)10-9-15-6-4-7-16(14-15)19(25)11-13-21/h4,6-7,9-10,14,19,22-25H,5,8,11-13,21H2,1-3H3/b10-9+. The zero-order valence-electron chi connectivity index (χ0n) is 15.6. The quantitative estimate of drug-likeness (QED) is 0.465. The summed E-state index contributed by atoms with van der Waals surface area (Å²) >= 11 is 0. The maximum Gasteiger partial charge on any atom is 0.0961 e. The fourth-order valence-corrected chi connectivity index (χ4v) is 3.58. The van der Waals surface area contributed by atoms with Crippen LogP contribution >= 0.6 is 0 Å². The summed E-state index contributed by atoms with van der Waals surface area (Å²) in [6.45, 7) is 0.479. The lowest BCUT2D eigenvalue weighted by atomic mass is 9.84. The van der Waals surface area contributed by atoms with Crippen molar-refractivity contribution in [3.63, 3.8) is 0 Å². The zero-order chi connectivity index (χ0) is 18.3. The molecule has 0 saturated carbocycles. The number of aliphatic hydroxyl groups excluding tert-OH is 1. The van der Waals surface area contributed by atoms with Gasteiger partial charge in [-0.05, 0) is 63.5 Å². The van der Waals surface area contributed by atoms with Crippen molar-refractivity contribution >= 4 is 6.08 Å². The summed E-state index contributed by atoms with van der Waals surface area (Å²) in [4.78, 5) is 0. The van der Waals surface area contributed by atoms with Crippen molar-refractivity contribution in [2.24, 2.45) is 5.73 Å². The van der Waals surface area contributed by atoms with Gasteiger partial charge in [-0.25, -0.2) is 0 Å². The van der Waals surface area contributed by atoms with Crippen LogP contribution in [0.4, 0.5) is 0 Å². The van der Waals surface area contributed by atoms with Gasteiger partial charge in [0.25, 0.3) is 0 Å². The molecule has 0 spiro atoms. The average molecular weight is 345 g/mol. The smallest absolute Gasteiger partial charge is 0.0961 e. The van der Waals surface area contributed by atoms with Crippen LogP contribution in [0.2, 0.25) is 0 Å². The van der Waals surface area contributed by atoms with E-state index in [-0.39, 0.29) is 5.66 Å². The van der Waals surface area contributed by atoms with Crippen LogP contribution in [0.15, 0.2) is 41.6 Å². The van der Waals surface area contributed by atoms with E-state index in [1.807, 2.05) is 39.3 Å². The molecular weight excluding hydrogens is 312 g/mol. The Bertz CT molecular complexity index is 620. The summed E-state index contributed by atoms with van der Waals surface area (Å²) in [5.74, 6) is 0. The van der Waals surface area contributed by atoms with Gasteiger partial charge < -0.3 is 16.2 Å². The summed E-state index contributed by atoms with van der Waals surface area (Å²) in [6.07, 6.45) is 7.58. The molecule has 0 radical (unpaired) electrons. The van der Waals surface area contributed by atoms with E-state index >= 15 is 0 Å². The number of hydrogen-bond donors (Lipinski definition) is 5. The van der Waals surface area contributed by atoms with Gasteiger partial charge in [0.2, 0.25) is 0 Å². The third-order valence-electron chi connectivity index (χ3n) is 5.10. The first-order valence-electron chi connectivity index (χ1n) is 9.05. The summed E-state index contributed by atoms with van der Waals surface area (Å²) in [5, 5.41) is 20.4. The van der Waals surface area contributed by atoms with E-state index in [0.717, 1.165) is 30.4 Å². The molecule has 2 rings (SSSR count). The molecule has 0 aromatic heterocycles. The van der Waals surface area contributed by atoms with E-state index in [0.29, 0.717) is 13.0 Å². The molecular formula is C20H32N4O. The first kappa shape index (κ1) is 19.7. The molecule has 0 bridgehead atoms. The Labute approximate surface area is 151 Å². The van der Waals surface area contributed by atoms with Crippen LogP contribution in [0.1, 0.15) is 42.9 Å². The van der Waals surface area contributed by atoms with Crippen molar-refractivity contribution in [2.45, 2.75) is 37.5 Å². The highest BCUT2D eigenvalue weighted by molar-refractivity contribution is 5.56. The minimum absolute atomic E-state index is 0.218. The van der Waals surface area contributed by atoms with Crippen molar-refractivity contribution in [1.29, 1.82) is 0 Å². The molecule has 5 nitrogen and oxygen atoms in total. The molecule has 0 amide bonds. The molecule has 138 valence electrons. The van der Waals surface area contributed by atoms with Crippen LogP contribution in [0.25, 0.3) is 6.08 Å². The molecule has 6 N–H and O–H groups in total. The van der Waals surface area contributed by atoms with E-state index in [4.69, 9.17) is 5.73 Å². The summed E-state index contributed by atoms with van der Waals surface area (Å²) in [6, 6.07) is 8.01. The first-order valence-corrected chi connectivity index (χ1v) is 9.05. The van der Waals surface area contributed by atoms with Gasteiger partial charge in [-0.2, -0.15) is 0 Å². The van der Waals surface area contributed by atoms with E-state index in [9.17, 15) is 5.11 Å². The Morgan fingerprint density at radius 1 is 1.24 bits per heavy atom. The van der Waals surface area contributed by atoms with Crippen LogP contribution in [-0.4, -0.2) is 38.5 Å². The van der Waals surface area contributed by atoms with Crippen molar-refractivity contribution in [3.05, 3.63) is 52.7 Å². The highest BCUT2D eigenvalue weighted by atomic mass is 16.3. The van der Waals surface area contributed by atoms with E-state index in [1.165, 1.54) is 11.3 Å². The lowest BCUT2D eigenvalue weighted by molar-refractivity contribution is 0.170. The number of benzene rings is 1. The van der Waals surface area contributed by atoms with Gasteiger partial charge in [0.1, 0.15) is 0 Å². The normalized spacial score (nSPS) is 18.6. The number of rotatable bonds is 8. The van der Waals surface area contributed by atoms with Gasteiger partial charge in [-0.3, -0.25) is 10.6 Å². The fourth-order valence-electron chi connectivity index (χ4n) is 3.58. The molecule has 0 aliphatic heterocycles. The van der Waals surface area contributed by atoms with Crippen LogP contribution < -0.4 is 21.7 Å². The Morgan fingerprint density at radius 2 is 2.00 bits per heavy atom. The first-order chi connectivity index (χ1) is 12.1. The molecule has 1 atom stereocenters. The highest BCUT2D eigenvalue weighted by Crippen LogP contribution is 2.32. The summed E-state index contributed by atoms with van der Waals surface area (Å²) in [7, 11) is 5.97. The number of nitrogens with two attached hydrogens (primary N) is 1. The molecule has 1 unspecified atom stereocenters. The molecule has 0 fully saturated rings. The van der Waals surface area contributed by atoms with Gasteiger partial charge in [-0.1, -0.05) is 30.4 Å². The SMILES string of the molecule is CNC1=C(/C=C/c2cccc(C(O)CCN)c2)C(NC)(NC)CCC1. The Morgan fingerprint density at radius 3 is 2.64 bits per heavy atom. The molecule has 1 aliphatic carbocycles. The zero-order valence-corrected chi connectivity index (χ0v) is 15.6. The van der Waals surface area contributed by atoms with Crippen LogP contribution in [0.5, 0.6) is 0 Å². The lowest BCUT2D eigenvalue weighted by Gasteiger charge is -2.39. The Balaban J connectivity index is 2.32. The monoisotopic (exact) mass is 344 g/mol. The minimum Gasteiger partial charge on any atom is -0.391 e. The highest BCUT2D eigenvalue weighted by Gasteiger charge is 2.34. The lowest BCUT2D eigenvalue weighted by Crippen LogP contribution is -2.57. The second-order valence-electron chi connectivity index (χ2n) is 6.50. The van der Waals surface area contributed by atoms with Gasteiger partial charge in [0.05, 0.1) is 11.8 Å². The van der Waals surface area contributed by atoms with Gasteiger partial charge in [-0.15, -0.1) is 0 Å². The summed E-state index contributed by atoms with van der Waals surface area (Å²) < 4.78 is 0. The Hall–Kier alpha value is -1.66. The third-order valence-corrected chi connectivity index (χ3v) is 5.10. The van der Waals surface area contributed by atoms with Gasteiger partial charge >= 0.3 is 0 Å². The summed E-state index contributed by atoms with van der Waals surface area (Å²) in [5.41, 5.74) is 9.81. The maximum absolute atomic E-state index is 10.2. The number of aliphatic hydroxyl groups is 1. The Kier molecular flexibility index (Phi) is 7.20. The number of nitrogens with one attached hydrogen (secondary N) is 3. The van der Waals surface area contributed by atoms with E-state index < -0.39 is 6.10 Å². The van der Waals surface area contributed by atoms with Gasteiger partial charge in [0.15, 0.2) is 0 Å². The van der Waals surface area contributed by atoms with Crippen molar-refractivity contribution < 1.29 is 5.11 Å². The van der Waals surface area contributed by atoms with Crippen molar-refractivity contribution in [2.75, 3.05) is 27.7 Å². The molecule has 1 aromatic rings. The number of allylic oxidation sites excluding steroid dienone is 1. The van der Waals surface area contributed by atoms with Crippen LogP contribution in [0.3, 0.4) is 0 Å². The van der Waals surface area contributed by atoms with Gasteiger partial charge in [0, 0.05) is 18.3 Å². The average Bonchev–Trinajstić information content (AvgIpc) is 2.66. The molecule has 0 saturated heterocycles. The number of likely N-dealkylation sites (N-methyl/N-ethyl adjacent to an activating group) is 2. The molecule has 1 aromatic carbocycles. The van der Waals surface area contributed by atoms with Crippen LogP contribution in [0, 0.1) is 0 Å².